The van der Waals surface area contributed by atoms with Crippen molar-refractivity contribution in [2.75, 3.05) is 0 Å². The van der Waals surface area contributed by atoms with E-state index in [1.807, 2.05) is 25.1 Å². The van der Waals surface area contributed by atoms with Gasteiger partial charge in [-0.2, -0.15) is 0 Å². The van der Waals surface area contributed by atoms with Crippen molar-refractivity contribution in [2.24, 2.45) is 5.92 Å². The number of rotatable bonds is 5. The van der Waals surface area contributed by atoms with Crippen LogP contribution in [0.3, 0.4) is 0 Å². The van der Waals surface area contributed by atoms with Crippen LogP contribution in [-0.2, 0) is 12.3 Å². The summed E-state index contributed by atoms with van der Waals surface area (Å²) in [6.45, 7) is 11.7. The molecule has 0 aliphatic rings. The van der Waals surface area contributed by atoms with Crippen molar-refractivity contribution < 1.29 is 0 Å². The Morgan fingerprint density at radius 3 is 2.50 bits per heavy atom. The molecule has 0 aliphatic carbocycles. The third-order valence-corrected chi connectivity index (χ3v) is 5.11. The van der Waals surface area contributed by atoms with Crippen LogP contribution in [0.15, 0.2) is 29.4 Å². The highest BCUT2D eigenvalue weighted by molar-refractivity contribution is 7.98. The van der Waals surface area contributed by atoms with Crippen LogP contribution in [-0.4, -0.2) is 19.5 Å². The maximum absolute atomic E-state index is 4.73. The molecule has 0 radical (unpaired) electrons. The minimum Gasteiger partial charge on any atom is -0.323 e. The second-order valence-electron chi connectivity index (χ2n) is 6.60. The SMILES string of the molecule is Cc1nc(SCc2nc(C)c3ccccc3n2)n(CC(C)C)c1C. The highest BCUT2D eigenvalue weighted by Crippen LogP contribution is 2.25. The summed E-state index contributed by atoms with van der Waals surface area (Å²) >= 11 is 1.72. The second-order valence-corrected chi connectivity index (χ2v) is 7.54. The van der Waals surface area contributed by atoms with Crippen molar-refractivity contribution in [1.82, 2.24) is 19.5 Å². The molecule has 1 aromatic carbocycles. The van der Waals surface area contributed by atoms with Gasteiger partial charge >= 0.3 is 0 Å². The van der Waals surface area contributed by atoms with Gasteiger partial charge in [0.25, 0.3) is 0 Å². The molecule has 0 amide bonds. The van der Waals surface area contributed by atoms with E-state index in [1.54, 1.807) is 11.8 Å². The van der Waals surface area contributed by atoms with E-state index < -0.39 is 0 Å². The number of aryl methyl sites for hydroxylation is 2. The quantitative estimate of drug-likeness (QED) is 0.632. The highest BCUT2D eigenvalue weighted by atomic mass is 32.2. The summed E-state index contributed by atoms with van der Waals surface area (Å²) in [6, 6.07) is 8.17. The van der Waals surface area contributed by atoms with Crippen molar-refractivity contribution in [1.29, 1.82) is 0 Å². The number of thioether (sulfide) groups is 1. The van der Waals surface area contributed by atoms with E-state index in [1.165, 1.54) is 5.69 Å². The van der Waals surface area contributed by atoms with Crippen LogP contribution in [0.2, 0.25) is 0 Å². The lowest BCUT2D eigenvalue weighted by Crippen LogP contribution is -2.08. The monoisotopic (exact) mass is 340 g/mol. The molecule has 2 aromatic heterocycles. The van der Waals surface area contributed by atoms with Crippen molar-refractivity contribution in [2.45, 2.75) is 52.1 Å². The molecule has 0 saturated heterocycles. The van der Waals surface area contributed by atoms with Crippen molar-refractivity contribution in [3.8, 4) is 0 Å². The highest BCUT2D eigenvalue weighted by Gasteiger charge is 2.14. The molecule has 24 heavy (non-hydrogen) atoms. The average Bonchev–Trinajstić information content (AvgIpc) is 2.80. The molecular formula is C19H24N4S. The third-order valence-electron chi connectivity index (χ3n) is 4.14. The number of nitrogens with zero attached hydrogens (tertiary/aromatic N) is 4. The topological polar surface area (TPSA) is 43.6 Å². The lowest BCUT2D eigenvalue weighted by molar-refractivity contribution is 0.486. The maximum atomic E-state index is 4.73. The first-order valence-corrected chi connectivity index (χ1v) is 9.33. The van der Waals surface area contributed by atoms with E-state index in [0.717, 1.165) is 45.6 Å². The van der Waals surface area contributed by atoms with Crippen molar-refractivity contribution >= 4 is 22.7 Å². The molecular weight excluding hydrogens is 316 g/mol. The molecule has 3 rings (SSSR count). The van der Waals surface area contributed by atoms with Gasteiger partial charge in [-0.15, -0.1) is 0 Å². The lowest BCUT2D eigenvalue weighted by Gasteiger charge is -2.12. The molecule has 4 nitrogen and oxygen atoms in total. The van der Waals surface area contributed by atoms with Crippen LogP contribution in [0.25, 0.3) is 10.9 Å². The Hall–Kier alpha value is -1.88. The zero-order chi connectivity index (χ0) is 17.3. The summed E-state index contributed by atoms with van der Waals surface area (Å²) in [5, 5.41) is 2.19. The van der Waals surface area contributed by atoms with Gasteiger partial charge in [0.2, 0.25) is 0 Å². The number of fused-ring (bicyclic) bond motifs is 1. The van der Waals surface area contributed by atoms with E-state index in [0.29, 0.717) is 5.92 Å². The lowest BCUT2D eigenvalue weighted by atomic mass is 10.2. The van der Waals surface area contributed by atoms with Crippen LogP contribution in [0.1, 0.15) is 36.8 Å². The molecule has 0 aliphatic heterocycles. The van der Waals surface area contributed by atoms with Gasteiger partial charge in [-0.05, 0) is 32.8 Å². The Bertz CT molecular complexity index is 867. The summed E-state index contributed by atoms with van der Waals surface area (Å²) in [6.07, 6.45) is 0. The summed E-state index contributed by atoms with van der Waals surface area (Å²) < 4.78 is 2.32. The minimum atomic E-state index is 0.593. The van der Waals surface area contributed by atoms with Crippen LogP contribution < -0.4 is 0 Å². The molecule has 5 heteroatoms. The Morgan fingerprint density at radius 1 is 1.00 bits per heavy atom. The molecule has 0 atom stereocenters. The summed E-state index contributed by atoms with van der Waals surface area (Å²) in [4.78, 5) is 14.1. The van der Waals surface area contributed by atoms with Crippen LogP contribution in [0.4, 0.5) is 0 Å². The molecule has 0 spiro atoms. The van der Waals surface area contributed by atoms with Gasteiger partial charge in [0.05, 0.1) is 17.0 Å². The van der Waals surface area contributed by atoms with E-state index in [9.17, 15) is 0 Å². The van der Waals surface area contributed by atoms with Gasteiger partial charge in [0, 0.05) is 23.3 Å². The smallest absolute Gasteiger partial charge is 0.168 e. The summed E-state index contributed by atoms with van der Waals surface area (Å²) in [5.74, 6) is 2.20. The Labute approximate surface area is 147 Å². The molecule has 3 aromatic rings. The van der Waals surface area contributed by atoms with Crippen LogP contribution in [0.5, 0.6) is 0 Å². The second kappa shape index (κ2) is 6.93. The van der Waals surface area contributed by atoms with Crippen molar-refractivity contribution in [3.05, 3.63) is 47.2 Å². The molecule has 0 saturated carbocycles. The zero-order valence-electron chi connectivity index (χ0n) is 15.0. The average molecular weight is 340 g/mol. The predicted molar refractivity (Wildman–Crippen MR) is 100 cm³/mol. The number of hydrogen-bond acceptors (Lipinski definition) is 4. The first kappa shape index (κ1) is 17.0. The Morgan fingerprint density at radius 2 is 1.75 bits per heavy atom. The number of para-hydroxylation sites is 1. The predicted octanol–water partition coefficient (Wildman–Crippen LogP) is 4.70. The number of benzene rings is 1. The first-order chi connectivity index (χ1) is 11.5. The van der Waals surface area contributed by atoms with Gasteiger partial charge in [0.1, 0.15) is 5.82 Å². The summed E-state index contributed by atoms with van der Waals surface area (Å²) in [7, 11) is 0. The molecule has 2 heterocycles. The van der Waals surface area contributed by atoms with Gasteiger partial charge in [-0.3, -0.25) is 0 Å². The van der Waals surface area contributed by atoms with Gasteiger partial charge < -0.3 is 4.57 Å². The molecule has 0 unspecified atom stereocenters. The van der Waals surface area contributed by atoms with E-state index >= 15 is 0 Å². The third kappa shape index (κ3) is 3.46. The Kier molecular flexibility index (Phi) is 4.90. The van der Waals surface area contributed by atoms with Crippen LogP contribution in [0, 0.1) is 26.7 Å². The number of imidazole rings is 1. The van der Waals surface area contributed by atoms with Crippen LogP contribution >= 0.6 is 11.8 Å². The normalized spacial score (nSPS) is 11.6. The molecule has 126 valence electrons. The van der Waals surface area contributed by atoms with E-state index in [4.69, 9.17) is 9.97 Å². The molecule has 0 bridgehead atoms. The number of aromatic nitrogens is 4. The molecule has 0 N–H and O–H groups in total. The minimum absolute atomic E-state index is 0.593. The van der Waals surface area contributed by atoms with E-state index in [2.05, 4.69) is 43.3 Å². The largest absolute Gasteiger partial charge is 0.323 e. The first-order valence-electron chi connectivity index (χ1n) is 8.34. The fourth-order valence-corrected chi connectivity index (χ4v) is 3.76. The fourth-order valence-electron chi connectivity index (χ4n) is 2.80. The van der Waals surface area contributed by atoms with Crippen molar-refractivity contribution in [3.63, 3.8) is 0 Å². The molecule has 0 fully saturated rings. The Balaban J connectivity index is 1.85. The van der Waals surface area contributed by atoms with Gasteiger partial charge in [-0.1, -0.05) is 43.8 Å². The van der Waals surface area contributed by atoms with E-state index in [-0.39, 0.29) is 0 Å². The standard InChI is InChI=1S/C19H24N4S/c1-12(2)10-23-15(5)13(3)21-19(23)24-11-18-20-14(4)16-8-6-7-9-17(16)22-18/h6-9,12H,10-11H2,1-5H3. The fraction of sp³-hybridized carbons (Fsp3) is 0.421. The zero-order valence-corrected chi connectivity index (χ0v) is 15.8. The number of hydrogen-bond donors (Lipinski definition) is 0. The van der Waals surface area contributed by atoms with Gasteiger partial charge in [-0.25, -0.2) is 15.0 Å². The van der Waals surface area contributed by atoms with Gasteiger partial charge in [0.15, 0.2) is 5.16 Å². The summed E-state index contributed by atoms with van der Waals surface area (Å²) in [5.41, 5.74) is 4.41. The maximum Gasteiger partial charge on any atom is 0.168 e.